The summed E-state index contributed by atoms with van der Waals surface area (Å²) >= 11 is 0. The molecule has 0 aromatic rings. The van der Waals surface area contributed by atoms with Crippen LogP contribution < -0.4 is 0 Å². The molecule has 0 N–H and O–H groups in total. The molecule has 22 heavy (non-hydrogen) atoms. The van der Waals surface area contributed by atoms with E-state index in [-0.39, 0.29) is 5.60 Å². The van der Waals surface area contributed by atoms with Gasteiger partial charge >= 0.3 is 0 Å². The lowest BCUT2D eigenvalue weighted by atomic mass is 9.96. The summed E-state index contributed by atoms with van der Waals surface area (Å²) in [4.78, 5) is 4.49. The van der Waals surface area contributed by atoms with E-state index in [1.165, 1.54) is 5.57 Å². The predicted octanol–water partition coefficient (Wildman–Crippen LogP) is 2.57. The number of nitrogens with zero attached hydrogens (tertiary/aromatic N) is 2. The first-order valence-corrected chi connectivity index (χ1v) is 7.93. The van der Waals surface area contributed by atoms with Crippen LogP contribution in [0, 0.1) is 0 Å². The van der Waals surface area contributed by atoms with Crippen molar-refractivity contribution in [3.8, 4) is 0 Å². The zero-order valence-corrected chi connectivity index (χ0v) is 14.0. The summed E-state index contributed by atoms with van der Waals surface area (Å²) in [5.74, 6) is 0. The molecule has 1 saturated heterocycles. The van der Waals surface area contributed by atoms with E-state index < -0.39 is 0 Å². The lowest BCUT2D eigenvalue weighted by molar-refractivity contribution is -0.0188. The molecule has 122 valence electrons. The summed E-state index contributed by atoms with van der Waals surface area (Å²) in [6, 6.07) is 0. The normalized spacial score (nSPS) is 22.0. The molecule has 2 heterocycles. The number of hydrogen-bond donors (Lipinski definition) is 0. The molecule has 0 unspecified atom stereocenters. The van der Waals surface area contributed by atoms with Crippen LogP contribution >= 0.6 is 0 Å². The summed E-state index contributed by atoms with van der Waals surface area (Å²) in [5, 5.41) is 0. The summed E-state index contributed by atoms with van der Waals surface area (Å²) < 4.78 is 11.5. The van der Waals surface area contributed by atoms with Gasteiger partial charge < -0.3 is 14.4 Å². The Balaban J connectivity index is 1.87. The van der Waals surface area contributed by atoms with Crippen LogP contribution in [-0.2, 0) is 9.47 Å². The molecule has 0 radical (unpaired) electrons. The van der Waals surface area contributed by atoms with Gasteiger partial charge in [0.2, 0.25) is 0 Å². The van der Waals surface area contributed by atoms with Gasteiger partial charge in [-0.1, -0.05) is 18.7 Å². The third-order valence-electron chi connectivity index (χ3n) is 4.13. The summed E-state index contributed by atoms with van der Waals surface area (Å²) in [6.07, 6.45) is 10.2. The fourth-order valence-electron chi connectivity index (χ4n) is 2.61. The van der Waals surface area contributed by atoms with Crippen molar-refractivity contribution in [3.05, 3.63) is 48.4 Å². The third kappa shape index (κ3) is 4.57. The minimum atomic E-state index is -0.295. The smallest absolute Gasteiger partial charge is 0.0889 e. The first-order valence-electron chi connectivity index (χ1n) is 7.93. The van der Waals surface area contributed by atoms with Crippen LogP contribution in [0.4, 0.5) is 0 Å². The molecule has 0 aliphatic carbocycles. The number of morpholine rings is 1. The van der Waals surface area contributed by atoms with Gasteiger partial charge in [0.1, 0.15) is 0 Å². The second-order valence-electron chi connectivity index (χ2n) is 6.17. The highest BCUT2D eigenvalue weighted by molar-refractivity contribution is 5.38. The molecule has 4 nitrogen and oxygen atoms in total. The Morgan fingerprint density at radius 2 is 2.05 bits per heavy atom. The third-order valence-corrected chi connectivity index (χ3v) is 4.13. The van der Waals surface area contributed by atoms with E-state index in [0.717, 1.165) is 45.2 Å². The standard InChI is InChI=1S/C18H28N2O2/c1-5-6-17-8-7-16(15-19(17)4)18(2,3)22-14-11-20-9-12-21-13-10-20/h5-8,15H,1,9-14H2,2-4H3/b17-6-. The van der Waals surface area contributed by atoms with Gasteiger partial charge in [0, 0.05) is 38.6 Å². The van der Waals surface area contributed by atoms with E-state index >= 15 is 0 Å². The zero-order chi connectivity index (χ0) is 16.0. The van der Waals surface area contributed by atoms with Crippen molar-refractivity contribution in [1.29, 1.82) is 0 Å². The van der Waals surface area contributed by atoms with Crippen molar-refractivity contribution in [2.24, 2.45) is 0 Å². The Morgan fingerprint density at radius 3 is 2.68 bits per heavy atom. The molecule has 0 spiro atoms. The maximum Gasteiger partial charge on any atom is 0.0889 e. The van der Waals surface area contributed by atoms with Gasteiger partial charge in [0.15, 0.2) is 0 Å². The highest BCUT2D eigenvalue weighted by Gasteiger charge is 2.25. The highest BCUT2D eigenvalue weighted by Crippen LogP contribution is 2.27. The monoisotopic (exact) mass is 304 g/mol. The van der Waals surface area contributed by atoms with E-state index in [0.29, 0.717) is 0 Å². The number of rotatable bonds is 6. The van der Waals surface area contributed by atoms with Crippen LogP contribution in [0.15, 0.2) is 48.4 Å². The average molecular weight is 304 g/mol. The molecule has 4 heteroatoms. The SMILES string of the molecule is C=C/C=C1/C=CC(C(C)(C)OCCN2CCOCC2)=CN1C. The van der Waals surface area contributed by atoms with Crippen molar-refractivity contribution in [1.82, 2.24) is 9.80 Å². The fraction of sp³-hybridized carbons (Fsp3) is 0.556. The lowest BCUT2D eigenvalue weighted by Gasteiger charge is -2.33. The molecule has 2 aliphatic rings. The van der Waals surface area contributed by atoms with Crippen LogP contribution in [0.1, 0.15) is 13.8 Å². The van der Waals surface area contributed by atoms with Crippen molar-refractivity contribution < 1.29 is 9.47 Å². The number of likely N-dealkylation sites (N-methyl/N-ethyl adjacent to an activating group) is 1. The first kappa shape index (κ1) is 17.0. The molecule has 0 bridgehead atoms. The van der Waals surface area contributed by atoms with Gasteiger partial charge in [-0.3, -0.25) is 4.90 Å². The minimum absolute atomic E-state index is 0.295. The molecule has 1 fully saturated rings. The van der Waals surface area contributed by atoms with Crippen molar-refractivity contribution in [2.75, 3.05) is 46.5 Å². The molecule has 0 aromatic heterocycles. The van der Waals surface area contributed by atoms with Crippen LogP contribution in [0.3, 0.4) is 0 Å². The molecule has 0 amide bonds. The van der Waals surface area contributed by atoms with E-state index in [9.17, 15) is 0 Å². The summed E-state index contributed by atoms with van der Waals surface area (Å²) in [5.41, 5.74) is 2.01. The maximum absolute atomic E-state index is 6.15. The van der Waals surface area contributed by atoms with Crippen LogP contribution in [-0.4, -0.2) is 61.9 Å². The Labute approximate surface area is 134 Å². The maximum atomic E-state index is 6.15. The summed E-state index contributed by atoms with van der Waals surface area (Å²) in [6.45, 7) is 13.4. The number of ether oxygens (including phenoxy) is 2. The molecule has 2 aliphatic heterocycles. The Bertz CT molecular complexity index is 471. The quantitative estimate of drug-likeness (QED) is 0.753. The van der Waals surface area contributed by atoms with E-state index in [2.05, 4.69) is 48.6 Å². The van der Waals surface area contributed by atoms with Gasteiger partial charge in [0.25, 0.3) is 0 Å². The van der Waals surface area contributed by atoms with E-state index in [1.807, 2.05) is 13.1 Å². The molecular formula is C18H28N2O2. The first-order chi connectivity index (χ1) is 10.5. The minimum Gasteiger partial charge on any atom is -0.379 e. The molecule has 0 saturated carbocycles. The molecule has 2 rings (SSSR count). The Hall–Kier alpha value is -1.36. The Kier molecular flexibility index (Phi) is 6.00. The number of allylic oxidation sites excluding steroid dienone is 3. The zero-order valence-electron chi connectivity index (χ0n) is 14.0. The van der Waals surface area contributed by atoms with Crippen molar-refractivity contribution in [3.63, 3.8) is 0 Å². The second-order valence-corrected chi connectivity index (χ2v) is 6.17. The molecule has 0 aromatic carbocycles. The Morgan fingerprint density at radius 1 is 1.32 bits per heavy atom. The average Bonchev–Trinajstić information content (AvgIpc) is 2.50. The predicted molar refractivity (Wildman–Crippen MR) is 90.6 cm³/mol. The van der Waals surface area contributed by atoms with Gasteiger partial charge in [-0.15, -0.1) is 0 Å². The summed E-state index contributed by atoms with van der Waals surface area (Å²) in [7, 11) is 2.04. The van der Waals surface area contributed by atoms with Crippen molar-refractivity contribution in [2.45, 2.75) is 19.4 Å². The fourth-order valence-corrected chi connectivity index (χ4v) is 2.61. The molecule has 0 atom stereocenters. The van der Waals surface area contributed by atoms with E-state index in [1.54, 1.807) is 6.08 Å². The van der Waals surface area contributed by atoms with Crippen LogP contribution in [0.25, 0.3) is 0 Å². The lowest BCUT2D eigenvalue weighted by Crippen LogP contribution is -2.40. The van der Waals surface area contributed by atoms with Gasteiger partial charge in [-0.25, -0.2) is 0 Å². The topological polar surface area (TPSA) is 24.9 Å². The second kappa shape index (κ2) is 7.77. The largest absolute Gasteiger partial charge is 0.379 e. The van der Waals surface area contributed by atoms with E-state index in [4.69, 9.17) is 9.47 Å². The van der Waals surface area contributed by atoms with Crippen LogP contribution in [0.5, 0.6) is 0 Å². The molecular weight excluding hydrogens is 276 g/mol. The van der Waals surface area contributed by atoms with Gasteiger partial charge in [0.05, 0.1) is 25.4 Å². The van der Waals surface area contributed by atoms with Crippen LogP contribution in [0.2, 0.25) is 0 Å². The number of hydrogen-bond acceptors (Lipinski definition) is 4. The van der Waals surface area contributed by atoms with Gasteiger partial charge in [-0.05, 0) is 31.6 Å². The van der Waals surface area contributed by atoms with Crippen molar-refractivity contribution >= 4 is 0 Å². The highest BCUT2D eigenvalue weighted by atomic mass is 16.5. The van der Waals surface area contributed by atoms with Gasteiger partial charge in [-0.2, -0.15) is 0 Å².